The van der Waals surface area contributed by atoms with Crippen molar-refractivity contribution in [2.24, 2.45) is 0 Å². The van der Waals surface area contributed by atoms with E-state index in [9.17, 15) is 4.79 Å². The van der Waals surface area contributed by atoms with E-state index < -0.39 is 0 Å². The van der Waals surface area contributed by atoms with Crippen molar-refractivity contribution in [2.75, 3.05) is 6.54 Å². The molecule has 3 rings (SSSR count). The molecule has 0 bridgehead atoms. The fourth-order valence-corrected chi connectivity index (χ4v) is 2.93. The number of rotatable bonds is 1. The number of aromatic amines is 1. The smallest absolute Gasteiger partial charge is 0.219 e. The fraction of sp³-hybridized carbons (Fsp3) is 0.400. The minimum atomic E-state index is 0.189. The number of likely N-dealkylation sites (tertiary alicyclic amines) is 1. The van der Waals surface area contributed by atoms with Crippen LogP contribution in [0.3, 0.4) is 0 Å². The van der Waals surface area contributed by atoms with E-state index in [1.165, 1.54) is 17.4 Å². The van der Waals surface area contributed by atoms with E-state index in [0.717, 1.165) is 24.9 Å². The summed E-state index contributed by atoms with van der Waals surface area (Å²) in [4.78, 5) is 16.9. The lowest BCUT2D eigenvalue weighted by Gasteiger charge is -2.35. The summed E-state index contributed by atoms with van der Waals surface area (Å²) in [5.41, 5.74) is 2.42. The summed E-state index contributed by atoms with van der Waals surface area (Å²) in [7, 11) is 0. The maximum Gasteiger partial charge on any atom is 0.219 e. The molecule has 94 valence electrons. The number of piperidine rings is 1. The van der Waals surface area contributed by atoms with E-state index in [1.54, 1.807) is 6.92 Å². The zero-order valence-corrected chi connectivity index (χ0v) is 10.6. The number of hydrogen-bond acceptors (Lipinski definition) is 1. The highest BCUT2D eigenvalue weighted by atomic mass is 16.2. The van der Waals surface area contributed by atoms with Gasteiger partial charge in [0.1, 0.15) is 0 Å². The van der Waals surface area contributed by atoms with Gasteiger partial charge >= 0.3 is 0 Å². The van der Waals surface area contributed by atoms with Crippen LogP contribution in [0.4, 0.5) is 0 Å². The average molecular weight is 242 g/mol. The van der Waals surface area contributed by atoms with Crippen molar-refractivity contribution in [3.8, 4) is 0 Å². The molecule has 1 atom stereocenters. The van der Waals surface area contributed by atoms with Gasteiger partial charge in [0, 0.05) is 25.2 Å². The van der Waals surface area contributed by atoms with Crippen LogP contribution in [0.2, 0.25) is 0 Å². The molecule has 1 aromatic carbocycles. The first-order valence-electron chi connectivity index (χ1n) is 6.60. The lowest BCUT2D eigenvalue weighted by Crippen LogP contribution is -2.36. The molecule has 1 fully saturated rings. The summed E-state index contributed by atoms with van der Waals surface area (Å²) in [6.45, 7) is 2.57. The van der Waals surface area contributed by atoms with Gasteiger partial charge in [-0.2, -0.15) is 0 Å². The zero-order valence-electron chi connectivity index (χ0n) is 10.6. The molecule has 1 aromatic heterocycles. The molecule has 1 aliphatic rings. The minimum absolute atomic E-state index is 0.189. The molecule has 1 aliphatic heterocycles. The van der Waals surface area contributed by atoms with Gasteiger partial charge in [-0.05, 0) is 48.4 Å². The van der Waals surface area contributed by atoms with Crippen molar-refractivity contribution < 1.29 is 4.79 Å². The third-order valence-electron chi connectivity index (χ3n) is 3.87. The van der Waals surface area contributed by atoms with Gasteiger partial charge in [0.25, 0.3) is 0 Å². The van der Waals surface area contributed by atoms with Gasteiger partial charge in [-0.25, -0.2) is 0 Å². The van der Waals surface area contributed by atoms with Gasteiger partial charge in [0.2, 0.25) is 5.91 Å². The number of carbonyl (C=O) groups excluding carboxylic acids is 1. The topological polar surface area (TPSA) is 36.1 Å². The quantitative estimate of drug-likeness (QED) is 0.818. The third kappa shape index (κ3) is 1.90. The maximum atomic E-state index is 11.7. The summed E-state index contributed by atoms with van der Waals surface area (Å²) < 4.78 is 0. The number of H-pyrrole nitrogens is 1. The van der Waals surface area contributed by atoms with Gasteiger partial charge in [-0.1, -0.05) is 6.07 Å². The van der Waals surface area contributed by atoms with Gasteiger partial charge in [-0.15, -0.1) is 0 Å². The largest absolute Gasteiger partial charge is 0.361 e. The number of fused-ring (bicyclic) bond motifs is 1. The number of nitrogens with one attached hydrogen (secondary N) is 1. The molecule has 2 heterocycles. The molecule has 1 amide bonds. The average Bonchev–Trinajstić information content (AvgIpc) is 2.85. The van der Waals surface area contributed by atoms with Crippen LogP contribution in [0.1, 0.15) is 37.8 Å². The zero-order chi connectivity index (χ0) is 12.5. The number of hydrogen-bond donors (Lipinski definition) is 1. The summed E-state index contributed by atoms with van der Waals surface area (Å²) in [5, 5.41) is 1.22. The summed E-state index contributed by atoms with van der Waals surface area (Å²) in [5.74, 6) is 0.189. The molecular weight excluding hydrogens is 224 g/mol. The van der Waals surface area contributed by atoms with Gasteiger partial charge < -0.3 is 9.88 Å². The van der Waals surface area contributed by atoms with Crippen LogP contribution < -0.4 is 0 Å². The van der Waals surface area contributed by atoms with Crippen LogP contribution in [0, 0.1) is 0 Å². The Morgan fingerprint density at radius 2 is 2.22 bits per heavy atom. The first kappa shape index (κ1) is 11.3. The van der Waals surface area contributed by atoms with Crippen molar-refractivity contribution in [3.63, 3.8) is 0 Å². The Morgan fingerprint density at radius 1 is 1.33 bits per heavy atom. The molecule has 18 heavy (non-hydrogen) atoms. The van der Waals surface area contributed by atoms with Crippen molar-refractivity contribution >= 4 is 16.8 Å². The Kier molecular flexibility index (Phi) is 2.82. The van der Waals surface area contributed by atoms with Crippen LogP contribution in [-0.4, -0.2) is 22.3 Å². The van der Waals surface area contributed by atoms with Crippen molar-refractivity contribution in [2.45, 2.75) is 32.2 Å². The van der Waals surface area contributed by atoms with Crippen LogP contribution in [-0.2, 0) is 4.79 Å². The Hall–Kier alpha value is -1.77. The second-order valence-corrected chi connectivity index (χ2v) is 5.05. The monoisotopic (exact) mass is 242 g/mol. The number of aromatic nitrogens is 1. The lowest BCUT2D eigenvalue weighted by atomic mass is 9.94. The van der Waals surface area contributed by atoms with Crippen molar-refractivity contribution in [3.05, 3.63) is 36.0 Å². The predicted octanol–water partition coefficient (Wildman–Crippen LogP) is 3.24. The summed E-state index contributed by atoms with van der Waals surface area (Å²) in [6, 6.07) is 8.80. The molecule has 0 aliphatic carbocycles. The number of carbonyl (C=O) groups is 1. The second-order valence-electron chi connectivity index (χ2n) is 5.05. The molecule has 3 nitrogen and oxygen atoms in total. The highest BCUT2D eigenvalue weighted by molar-refractivity contribution is 5.80. The number of benzene rings is 1. The molecule has 0 radical (unpaired) electrons. The van der Waals surface area contributed by atoms with Gasteiger partial charge in [0.15, 0.2) is 0 Å². The molecule has 3 heteroatoms. The fourth-order valence-electron chi connectivity index (χ4n) is 2.93. The lowest BCUT2D eigenvalue weighted by molar-refractivity contribution is -0.132. The van der Waals surface area contributed by atoms with E-state index >= 15 is 0 Å². The minimum Gasteiger partial charge on any atom is -0.361 e. The van der Waals surface area contributed by atoms with Crippen molar-refractivity contribution in [1.82, 2.24) is 9.88 Å². The van der Waals surface area contributed by atoms with E-state index in [0.29, 0.717) is 0 Å². The highest BCUT2D eigenvalue weighted by Gasteiger charge is 2.25. The normalized spacial score (nSPS) is 20.3. The van der Waals surface area contributed by atoms with Crippen LogP contribution in [0.15, 0.2) is 30.5 Å². The van der Waals surface area contributed by atoms with E-state index in [2.05, 4.69) is 29.2 Å². The molecule has 1 N–H and O–H groups in total. The molecule has 2 aromatic rings. The molecule has 1 unspecified atom stereocenters. The van der Waals surface area contributed by atoms with Crippen LogP contribution >= 0.6 is 0 Å². The third-order valence-corrected chi connectivity index (χ3v) is 3.87. The summed E-state index contributed by atoms with van der Waals surface area (Å²) in [6.07, 6.45) is 5.37. The SMILES string of the molecule is CC(=O)N1CCCCC1c1ccc2[nH]ccc2c1. The van der Waals surface area contributed by atoms with Gasteiger partial charge in [0.05, 0.1) is 6.04 Å². The Bertz CT molecular complexity index is 573. The Balaban J connectivity index is 1.97. The molecule has 0 spiro atoms. The van der Waals surface area contributed by atoms with E-state index in [1.807, 2.05) is 11.1 Å². The number of nitrogens with zero attached hydrogens (tertiary/aromatic N) is 1. The van der Waals surface area contributed by atoms with Crippen LogP contribution in [0.25, 0.3) is 10.9 Å². The second kappa shape index (κ2) is 4.48. The van der Waals surface area contributed by atoms with Gasteiger partial charge in [-0.3, -0.25) is 4.79 Å². The predicted molar refractivity (Wildman–Crippen MR) is 72.3 cm³/mol. The standard InChI is InChI=1S/C15H18N2O/c1-11(18)17-9-3-2-4-15(17)13-5-6-14-12(10-13)7-8-16-14/h5-8,10,15-16H,2-4,9H2,1H3. The van der Waals surface area contributed by atoms with E-state index in [4.69, 9.17) is 0 Å². The molecule has 1 saturated heterocycles. The molecule has 0 saturated carbocycles. The first-order chi connectivity index (χ1) is 8.75. The van der Waals surface area contributed by atoms with Crippen molar-refractivity contribution in [1.29, 1.82) is 0 Å². The van der Waals surface area contributed by atoms with Crippen LogP contribution in [0.5, 0.6) is 0 Å². The molecular formula is C15H18N2O. The maximum absolute atomic E-state index is 11.7. The first-order valence-corrected chi connectivity index (χ1v) is 6.60. The summed E-state index contributed by atoms with van der Waals surface area (Å²) >= 11 is 0. The Morgan fingerprint density at radius 3 is 3.06 bits per heavy atom. The Labute approximate surface area is 107 Å². The van der Waals surface area contributed by atoms with E-state index in [-0.39, 0.29) is 11.9 Å². The highest BCUT2D eigenvalue weighted by Crippen LogP contribution is 2.32. The number of amides is 1.